The largest absolute Gasteiger partial charge is 0.458 e. The van der Waals surface area contributed by atoms with E-state index in [1.54, 1.807) is 6.92 Å². The fourth-order valence-electron chi connectivity index (χ4n) is 0.449. The minimum Gasteiger partial charge on any atom is -0.458 e. The number of hydrogen-bond acceptors (Lipinski definition) is 4. The minimum absolute atomic E-state index is 0.142. The van der Waals surface area contributed by atoms with Crippen molar-refractivity contribution in [1.82, 2.24) is 0 Å². The van der Waals surface area contributed by atoms with E-state index in [4.69, 9.17) is 0 Å². The van der Waals surface area contributed by atoms with Gasteiger partial charge in [-0.3, -0.25) is 0 Å². The molecule has 0 fully saturated rings. The Kier molecular flexibility index (Phi) is 4.69. The van der Waals surface area contributed by atoms with E-state index in [2.05, 4.69) is 16.3 Å². The molecule has 1 unspecified atom stereocenters. The fraction of sp³-hybridized carbons (Fsp3) is 0.429. The molecule has 11 heavy (non-hydrogen) atoms. The van der Waals surface area contributed by atoms with Crippen LogP contribution in [0.2, 0.25) is 0 Å². The van der Waals surface area contributed by atoms with Crippen molar-refractivity contribution in [2.24, 2.45) is 4.99 Å². The van der Waals surface area contributed by atoms with Crippen LogP contribution in [0.25, 0.3) is 0 Å². The molecule has 4 heteroatoms. The van der Waals surface area contributed by atoms with Crippen molar-refractivity contribution in [2.75, 3.05) is 6.54 Å². The average Bonchev–Trinajstić information content (AvgIpc) is 2.00. The smallest absolute Gasteiger partial charge is 0.330 e. The maximum absolute atomic E-state index is 10.5. The molecule has 0 N–H and O–H groups in total. The number of aliphatic imine (C=N–C) groups is 1. The average molecular weight is 155 g/mol. The lowest BCUT2D eigenvalue weighted by Gasteiger charge is -2.06. The summed E-state index contributed by atoms with van der Waals surface area (Å²) in [4.78, 5) is 23.4. The van der Waals surface area contributed by atoms with Gasteiger partial charge in [0.2, 0.25) is 6.08 Å². The van der Waals surface area contributed by atoms with Crippen molar-refractivity contribution in [2.45, 2.75) is 13.0 Å². The lowest BCUT2D eigenvalue weighted by molar-refractivity contribution is -0.141. The molecule has 0 rings (SSSR count). The topological polar surface area (TPSA) is 55.7 Å². The van der Waals surface area contributed by atoms with Gasteiger partial charge in [-0.15, -0.1) is 0 Å². The molecule has 0 aliphatic rings. The number of carbonyl (C=O) groups is 1. The van der Waals surface area contributed by atoms with Crippen molar-refractivity contribution < 1.29 is 14.3 Å². The van der Waals surface area contributed by atoms with Crippen molar-refractivity contribution in [3.8, 4) is 0 Å². The Morgan fingerprint density at radius 2 is 2.55 bits per heavy atom. The van der Waals surface area contributed by atoms with Crippen LogP contribution in [0.3, 0.4) is 0 Å². The highest BCUT2D eigenvalue weighted by Crippen LogP contribution is 1.91. The highest BCUT2D eigenvalue weighted by Gasteiger charge is 2.03. The van der Waals surface area contributed by atoms with E-state index < -0.39 is 12.1 Å². The van der Waals surface area contributed by atoms with E-state index >= 15 is 0 Å². The van der Waals surface area contributed by atoms with Gasteiger partial charge >= 0.3 is 5.97 Å². The molecule has 0 heterocycles. The number of hydrogen-bond donors (Lipinski definition) is 0. The highest BCUT2D eigenvalue weighted by molar-refractivity contribution is 5.81. The molecule has 0 aromatic rings. The van der Waals surface area contributed by atoms with Crippen molar-refractivity contribution in [1.29, 1.82) is 0 Å². The lowest BCUT2D eigenvalue weighted by Crippen LogP contribution is -2.15. The van der Waals surface area contributed by atoms with Gasteiger partial charge in [-0.2, -0.15) is 0 Å². The van der Waals surface area contributed by atoms with Crippen LogP contribution in [0.15, 0.2) is 17.6 Å². The van der Waals surface area contributed by atoms with E-state index in [0.717, 1.165) is 6.08 Å². The molecule has 0 bridgehead atoms. The van der Waals surface area contributed by atoms with Crippen molar-refractivity contribution in [3.05, 3.63) is 12.7 Å². The van der Waals surface area contributed by atoms with Crippen LogP contribution in [0, 0.1) is 0 Å². The van der Waals surface area contributed by atoms with Crippen LogP contribution in [-0.4, -0.2) is 24.7 Å². The molecule has 0 saturated heterocycles. The Balaban J connectivity index is 3.67. The number of isocyanates is 1. The Bertz CT molecular complexity index is 194. The number of carbonyl (C=O) groups excluding carboxylic acids is 2. The quantitative estimate of drug-likeness (QED) is 0.256. The van der Waals surface area contributed by atoms with Crippen LogP contribution in [-0.2, 0) is 14.3 Å². The zero-order valence-electron chi connectivity index (χ0n) is 6.24. The number of nitrogens with zero attached hydrogens (tertiary/aromatic N) is 1. The predicted molar refractivity (Wildman–Crippen MR) is 38.7 cm³/mol. The molecule has 0 aliphatic carbocycles. The highest BCUT2D eigenvalue weighted by atomic mass is 16.5. The maximum atomic E-state index is 10.5. The normalized spacial score (nSPS) is 11.0. The van der Waals surface area contributed by atoms with Gasteiger partial charge in [-0.05, 0) is 6.92 Å². The number of rotatable bonds is 4. The second-order valence-electron chi connectivity index (χ2n) is 1.88. The zero-order chi connectivity index (χ0) is 8.69. The van der Waals surface area contributed by atoms with Gasteiger partial charge < -0.3 is 4.74 Å². The summed E-state index contributed by atoms with van der Waals surface area (Å²) < 4.78 is 4.67. The Labute approximate surface area is 64.6 Å². The van der Waals surface area contributed by atoms with Gasteiger partial charge in [0.05, 0.1) is 6.54 Å². The molecule has 1 atom stereocenters. The first-order valence-corrected chi connectivity index (χ1v) is 3.07. The predicted octanol–water partition coefficient (Wildman–Crippen LogP) is 0.440. The van der Waals surface area contributed by atoms with Gasteiger partial charge in [-0.25, -0.2) is 14.6 Å². The van der Waals surface area contributed by atoms with E-state index in [0.29, 0.717) is 0 Å². The first-order chi connectivity index (χ1) is 5.20. The summed E-state index contributed by atoms with van der Waals surface area (Å²) >= 11 is 0. The van der Waals surface area contributed by atoms with Gasteiger partial charge in [0.1, 0.15) is 6.10 Å². The third-order valence-electron chi connectivity index (χ3n) is 0.897. The van der Waals surface area contributed by atoms with Crippen molar-refractivity contribution in [3.63, 3.8) is 0 Å². The Morgan fingerprint density at radius 3 is 3.00 bits per heavy atom. The van der Waals surface area contributed by atoms with Crippen LogP contribution >= 0.6 is 0 Å². The molecule has 4 nitrogen and oxygen atoms in total. The summed E-state index contributed by atoms with van der Waals surface area (Å²) in [5.74, 6) is -0.515. The van der Waals surface area contributed by atoms with Crippen molar-refractivity contribution >= 4 is 12.0 Å². The standard InChI is InChI=1S/C7H9NO3/c1-3-7(10)11-6(2)4-8-5-9/h3,6H,1,4H2,2H3. The van der Waals surface area contributed by atoms with Crippen LogP contribution in [0.1, 0.15) is 6.92 Å². The molecular weight excluding hydrogens is 146 g/mol. The summed E-state index contributed by atoms with van der Waals surface area (Å²) in [6, 6.07) is 0. The van der Waals surface area contributed by atoms with Crippen LogP contribution < -0.4 is 0 Å². The molecule has 0 radical (unpaired) electrons. The molecule has 0 aliphatic heterocycles. The number of esters is 1. The van der Waals surface area contributed by atoms with Crippen LogP contribution in [0.5, 0.6) is 0 Å². The third-order valence-corrected chi connectivity index (χ3v) is 0.897. The third kappa shape index (κ3) is 5.06. The first kappa shape index (κ1) is 9.59. The second kappa shape index (κ2) is 5.38. The first-order valence-electron chi connectivity index (χ1n) is 3.07. The number of ether oxygens (including phenoxy) is 1. The van der Waals surface area contributed by atoms with Crippen LogP contribution in [0.4, 0.5) is 0 Å². The van der Waals surface area contributed by atoms with Gasteiger partial charge in [0.25, 0.3) is 0 Å². The molecule has 0 saturated carbocycles. The summed E-state index contributed by atoms with van der Waals surface area (Å²) in [6.45, 7) is 4.98. The van der Waals surface area contributed by atoms with E-state index in [-0.39, 0.29) is 6.54 Å². The maximum Gasteiger partial charge on any atom is 0.330 e. The molecule has 60 valence electrons. The molecule has 0 aromatic heterocycles. The van der Waals surface area contributed by atoms with E-state index in [9.17, 15) is 9.59 Å². The van der Waals surface area contributed by atoms with Gasteiger partial charge in [0, 0.05) is 6.08 Å². The van der Waals surface area contributed by atoms with Gasteiger partial charge in [0.15, 0.2) is 0 Å². The molecular formula is C7H9NO3. The second-order valence-corrected chi connectivity index (χ2v) is 1.88. The Morgan fingerprint density at radius 1 is 1.91 bits per heavy atom. The zero-order valence-corrected chi connectivity index (χ0v) is 6.24. The summed E-state index contributed by atoms with van der Waals surface area (Å²) in [5, 5.41) is 0. The molecule has 0 aromatic carbocycles. The SMILES string of the molecule is C=CC(=O)OC(C)CN=C=O. The monoisotopic (exact) mass is 155 g/mol. The van der Waals surface area contributed by atoms with E-state index in [1.165, 1.54) is 6.08 Å². The molecule has 0 spiro atoms. The minimum atomic E-state index is -0.515. The summed E-state index contributed by atoms with van der Waals surface area (Å²) in [7, 11) is 0. The fourth-order valence-corrected chi connectivity index (χ4v) is 0.449. The summed E-state index contributed by atoms with van der Waals surface area (Å²) in [6.07, 6.45) is 2.00. The summed E-state index contributed by atoms with van der Waals surface area (Å²) in [5.41, 5.74) is 0. The Hall–Kier alpha value is -1.41. The van der Waals surface area contributed by atoms with E-state index in [1.807, 2.05) is 0 Å². The lowest BCUT2D eigenvalue weighted by atomic mass is 10.4. The molecule has 0 amide bonds. The van der Waals surface area contributed by atoms with Gasteiger partial charge in [-0.1, -0.05) is 6.58 Å².